The van der Waals surface area contributed by atoms with Crippen molar-refractivity contribution in [2.24, 2.45) is 10.9 Å². The molecule has 31 heavy (non-hydrogen) atoms. The second-order valence-corrected chi connectivity index (χ2v) is 8.37. The maximum atomic E-state index is 11.7. The van der Waals surface area contributed by atoms with Gasteiger partial charge in [-0.15, -0.1) is 0 Å². The highest BCUT2D eigenvalue weighted by molar-refractivity contribution is 6.35. The number of pyridine rings is 2. The molecule has 0 radical (unpaired) electrons. The summed E-state index contributed by atoms with van der Waals surface area (Å²) in [6.45, 7) is 3.40. The van der Waals surface area contributed by atoms with Gasteiger partial charge in [-0.05, 0) is 60.9 Å². The Morgan fingerprint density at radius 2 is 2.10 bits per heavy atom. The number of benzene rings is 1. The van der Waals surface area contributed by atoms with Crippen molar-refractivity contribution < 1.29 is 4.79 Å². The minimum atomic E-state index is -0.230. The monoisotopic (exact) mass is 431 g/mol. The minimum Gasteiger partial charge on any atom is -0.397 e. The summed E-state index contributed by atoms with van der Waals surface area (Å²) in [6.07, 6.45) is 7.10. The van der Waals surface area contributed by atoms with E-state index in [0.717, 1.165) is 38.9 Å². The molecule has 6 nitrogen and oxygen atoms in total. The van der Waals surface area contributed by atoms with Crippen molar-refractivity contribution in [2.45, 2.75) is 39.0 Å². The number of halogens is 1. The van der Waals surface area contributed by atoms with Crippen molar-refractivity contribution in [1.29, 1.82) is 5.26 Å². The van der Waals surface area contributed by atoms with Gasteiger partial charge in [-0.3, -0.25) is 14.8 Å². The van der Waals surface area contributed by atoms with E-state index in [4.69, 9.17) is 17.3 Å². The summed E-state index contributed by atoms with van der Waals surface area (Å²) in [5, 5.41) is 11.8. The summed E-state index contributed by atoms with van der Waals surface area (Å²) in [4.78, 5) is 24.7. The number of rotatable bonds is 2. The second kappa shape index (κ2) is 8.44. The molecule has 0 saturated heterocycles. The number of nitrogens with two attached hydrogens (primary N) is 1. The number of hydrogen-bond donors (Lipinski definition) is 1. The average Bonchev–Trinajstić information content (AvgIpc) is 2.75. The molecular formula is C24H22ClN5O. The first-order valence-electron chi connectivity index (χ1n) is 10.1. The molecule has 1 aliphatic carbocycles. The molecule has 1 amide bonds. The van der Waals surface area contributed by atoms with Crippen LogP contribution >= 0.6 is 11.6 Å². The van der Waals surface area contributed by atoms with Crippen LogP contribution in [0.1, 0.15) is 43.4 Å². The highest BCUT2D eigenvalue weighted by atomic mass is 35.5. The molecule has 7 heteroatoms. The molecule has 1 saturated carbocycles. The Labute approximate surface area is 185 Å². The Hall–Kier alpha value is -3.30. The summed E-state index contributed by atoms with van der Waals surface area (Å²) in [7, 11) is 0. The van der Waals surface area contributed by atoms with Crippen molar-refractivity contribution in [2.75, 3.05) is 5.73 Å². The average molecular weight is 432 g/mol. The van der Waals surface area contributed by atoms with Crippen LogP contribution in [0.25, 0.3) is 21.9 Å². The number of anilines is 1. The molecule has 2 aromatic heterocycles. The van der Waals surface area contributed by atoms with E-state index in [-0.39, 0.29) is 17.7 Å². The molecule has 156 valence electrons. The first-order valence-corrected chi connectivity index (χ1v) is 10.5. The van der Waals surface area contributed by atoms with Gasteiger partial charge in [0.1, 0.15) is 0 Å². The van der Waals surface area contributed by atoms with Crippen LogP contribution in [0.15, 0.2) is 41.8 Å². The number of nitrogen functional groups attached to an aromatic ring is 1. The van der Waals surface area contributed by atoms with Crippen LogP contribution < -0.4 is 5.73 Å². The van der Waals surface area contributed by atoms with Crippen LogP contribution in [-0.4, -0.2) is 21.6 Å². The zero-order valence-corrected chi connectivity index (χ0v) is 18.1. The molecule has 1 aromatic carbocycles. The third-order valence-electron chi connectivity index (χ3n) is 5.88. The van der Waals surface area contributed by atoms with Crippen LogP contribution in [0.5, 0.6) is 0 Å². The number of amides is 1. The number of fused-ring (bicyclic) bond motifs is 1. The second-order valence-electron chi connectivity index (χ2n) is 7.96. The number of carbonyl (C=O) groups excluding carboxylic acids is 1. The Balaban J connectivity index is 1.83. The number of nitriles is 1. The zero-order valence-electron chi connectivity index (χ0n) is 17.4. The van der Waals surface area contributed by atoms with Crippen LogP contribution in [0, 0.1) is 24.2 Å². The van der Waals surface area contributed by atoms with E-state index >= 15 is 0 Å². The zero-order chi connectivity index (χ0) is 22.1. The standard InChI is InChI=1S/C24H22ClN5O/c1-13-19(10-28-12-22(13)27)16-6-17-8-24(29-11-20(17)21(25)7-16)18-5-15(9-26)3-4-23(18)30-14(2)31/h6-8,10-12,15,18H,3-5,27H2,1-2H3. The highest BCUT2D eigenvalue weighted by Crippen LogP contribution is 2.37. The van der Waals surface area contributed by atoms with Gasteiger partial charge in [0.15, 0.2) is 0 Å². The van der Waals surface area contributed by atoms with Gasteiger partial charge < -0.3 is 5.73 Å². The van der Waals surface area contributed by atoms with Gasteiger partial charge >= 0.3 is 0 Å². The highest BCUT2D eigenvalue weighted by Gasteiger charge is 2.30. The number of carbonyl (C=O) groups is 1. The van der Waals surface area contributed by atoms with Crippen molar-refractivity contribution in [3.63, 3.8) is 0 Å². The van der Waals surface area contributed by atoms with Crippen molar-refractivity contribution in [3.05, 3.63) is 53.1 Å². The van der Waals surface area contributed by atoms with E-state index in [0.29, 0.717) is 30.0 Å². The molecule has 2 unspecified atom stereocenters. The van der Waals surface area contributed by atoms with Crippen LogP contribution in [0.3, 0.4) is 0 Å². The number of aromatic nitrogens is 2. The predicted molar refractivity (Wildman–Crippen MR) is 123 cm³/mol. The fourth-order valence-electron chi connectivity index (χ4n) is 4.19. The lowest BCUT2D eigenvalue weighted by Gasteiger charge is -2.27. The van der Waals surface area contributed by atoms with Gasteiger partial charge in [0.25, 0.3) is 0 Å². The van der Waals surface area contributed by atoms with Crippen molar-refractivity contribution in [3.8, 4) is 17.2 Å². The molecule has 1 fully saturated rings. The van der Waals surface area contributed by atoms with E-state index in [1.807, 2.05) is 25.1 Å². The SMILES string of the molecule is CC(=O)N=C1CCC(C#N)CC1c1cc2cc(-c3cncc(N)c3C)cc(Cl)c2cn1. The largest absolute Gasteiger partial charge is 0.397 e. The first kappa shape index (κ1) is 21.0. The number of nitrogens with zero attached hydrogens (tertiary/aromatic N) is 4. The third kappa shape index (κ3) is 4.14. The lowest BCUT2D eigenvalue weighted by Crippen LogP contribution is -2.24. The van der Waals surface area contributed by atoms with Crippen molar-refractivity contribution in [1.82, 2.24) is 9.97 Å². The van der Waals surface area contributed by atoms with Crippen LogP contribution in [-0.2, 0) is 4.79 Å². The molecular weight excluding hydrogens is 410 g/mol. The van der Waals surface area contributed by atoms with Gasteiger partial charge in [0.05, 0.1) is 23.0 Å². The van der Waals surface area contributed by atoms with Crippen LogP contribution in [0.4, 0.5) is 5.69 Å². The van der Waals surface area contributed by atoms with E-state index in [1.165, 1.54) is 6.92 Å². The molecule has 0 bridgehead atoms. The lowest BCUT2D eigenvalue weighted by molar-refractivity contribution is -0.115. The Morgan fingerprint density at radius 3 is 2.84 bits per heavy atom. The smallest absolute Gasteiger partial charge is 0.242 e. The maximum absolute atomic E-state index is 11.7. The van der Waals surface area contributed by atoms with Crippen molar-refractivity contribution >= 4 is 39.7 Å². The molecule has 1 aliphatic rings. The van der Waals surface area contributed by atoms with Gasteiger partial charge in [0, 0.05) is 53.5 Å². The van der Waals surface area contributed by atoms with Gasteiger partial charge in [-0.1, -0.05) is 11.6 Å². The topological polar surface area (TPSA) is 105 Å². The lowest BCUT2D eigenvalue weighted by atomic mass is 9.78. The quantitative estimate of drug-likeness (QED) is 0.597. The molecule has 2 N–H and O–H groups in total. The van der Waals surface area contributed by atoms with Gasteiger partial charge in [0.2, 0.25) is 5.91 Å². The Kier molecular flexibility index (Phi) is 5.71. The van der Waals surface area contributed by atoms with Gasteiger partial charge in [-0.25, -0.2) is 4.99 Å². The molecule has 3 aromatic rings. The molecule has 2 atom stereocenters. The fraction of sp³-hybridized carbons (Fsp3) is 0.292. The van der Waals surface area contributed by atoms with E-state index in [1.54, 1.807) is 18.6 Å². The number of aliphatic imine (C=N–C) groups is 1. The molecule has 4 rings (SSSR count). The summed E-state index contributed by atoms with van der Waals surface area (Å²) in [5.74, 6) is -0.472. The van der Waals surface area contributed by atoms with E-state index < -0.39 is 0 Å². The molecule has 0 aliphatic heterocycles. The molecule has 2 heterocycles. The first-order chi connectivity index (χ1) is 14.9. The number of hydrogen-bond acceptors (Lipinski definition) is 5. The third-order valence-corrected chi connectivity index (χ3v) is 6.20. The molecule has 0 spiro atoms. The summed E-state index contributed by atoms with van der Waals surface area (Å²) < 4.78 is 0. The summed E-state index contributed by atoms with van der Waals surface area (Å²) in [5.41, 5.74) is 11.0. The van der Waals surface area contributed by atoms with E-state index in [9.17, 15) is 10.1 Å². The maximum Gasteiger partial charge on any atom is 0.242 e. The predicted octanol–water partition coefficient (Wildman–Crippen LogP) is 5.24. The van der Waals surface area contributed by atoms with Crippen LogP contribution in [0.2, 0.25) is 5.02 Å². The van der Waals surface area contributed by atoms with E-state index in [2.05, 4.69) is 21.0 Å². The van der Waals surface area contributed by atoms with Gasteiger partial charge in [-0.2, -0.15) is 5.26 Å². The summed E-state index contributed by atoms with van der Waals surface area (Å²) in [6, 6.07) is 8.28. The summed E-state index contributed by atoms with van der Waals surface area (Å²) >= 11 is 6.58. The fourth-order valence-corrected chi connectivity index (χ4v) is 4.46. The Bertz CT molecular complexity index is 1260. The normalized spacial score (nSPS) is 20.0. The minimum absolute atomic E-state index is 0.0793. The Morgan fingerprint density at radius 1 is 1.29 bits per heavy atom.